The summed E-state index contributed by atoms with van der Waals surface area (Å²) in [7, 11) is -1.47. The minimum atomic E-state index is -1.47. The minimum absolute atomic E-state index is 0.512. The molecule has 0 radical (unpaired) electrons. The zero-order valence-corrected chi connectivity index (χ0v) is 19.5. The average molecular weight is 469 g/mol. The van der Waals surface area contributed by atoms with Gasteiger partial charge in [-0.25, -0.2) is 0 Å². The highest BCUT2D eigenvalue weighted by Gasteiger charge is 2.15. The molecule has 5 heteroatoms. The van der Waals surface area contributed by atoms with E-state index in [2.05, 4.69) is 89.5 Å². The van der Waals surface area contributed by atoms with E-state index in [1.807, 2.05) is 18.2 Å². The summed E-state index contributed by atoms with van der Waals surface area (Å²) in [5.74, 6) is 0. The summed E-state index contributed by atoms with van der Waals surface area (Å²) in [6.07, 6.45) is 0. The maximum atomic E-state index is 9.65. The molecule has 0 unspecified atom stereocenters. The van der Waals surface area contributed by atoms with Crippen molar-refractivity contribution in [3.05, 3.63) is 109 Å². The Kier molecular flexibility index (Phi) is 4.58. The summed E-state index contributed by atoms with van der Waals surface area (Å²) in [6.45, 7) is 0. The molecule has 166 valence electrons. The Morgan fingerprint density at radius 3 is 1.97 bits per heavy atom. The average Bonchev–Trinajstić information content (AvgIpc) is 3.43. The first kappa shape index (κ1) is 20.5. The highest BCUT2D eigenvalue weighted by Crippen LogP contribution is 2.38. The van der Waals surface area contributed by atoms with E-state index in [0.29, 0.717) is 5.46 Å². The number of hydrogen-bond donors (Lipinski definition) is 2. The van der Waals surface area contributed by atoms with Gasteiger partial charge in [0, 0.05) is 31.2 Å². The quantitative estimate of drug-likeness (QED) is 0.290. The third-order valence-electron chi connectivity index (χ3n) is 6.81. The van der Waals surface area contributed by atoms with Gasteiger partial charge in [-0.2, -0.15) is 0 Å². The SMILES string of the molecule is OB(O)c1ccc2sc3ccc(-c4ccc5c(c4)c4ccccc4n5-c4ccccc4)cc3c2c1. The number of nitrogens with zero attached hydrogens (tertiary/aromatic N) is 1. The number of benzene rings is 5. The van der Waals surface area contributed by atoms with E-state index in [0.717, 1.165) is 32.3 Å². The van der Waals surface area contributed by atoms with Crippen LogP contribution in [0.15, 0.2) is 109 Å². The minimum Gasteiger partial charge on any atom is -0.423 e. The van der Waals surface area contributed by atoms with Gasteiger partial charge in [-0.15, -0.1) is 11.3 Å². The van der Waals surface area contributed by atoms with E-state index in [1.165, 1.54) is 26.5 Å². The van der Waals surface area contributed by atoms with Crippen LogP contribution in [0, 0.1) is 0 Å². The Labute approximate surface area is 206 Å². The molecule has 7 aromatic rings. The lowest BCUT2D eigenvalue weighted by Crippen LogP contribution is -2.29. The summed E-state index contributed by atoms with van der Waals surface area (Å²) in [5, 5.41) is 24.0. The Morgan fingerprint density at radius 2 is 1.17 bits per heavy atom. The molecular formula is C30H20BNO2S. The molecular weight excluding hydrogens is 449 g/mol. The normalized spacial score (nSPS) is 11.7. The van der Waals surface area contributed by atoms with E-state index in [4.69, 9.17) is 0 Å². The molecule has 2 heterocycles. The molecule has 0 aliphatic rings. The van der Waals surface area contributed by atoms with Crippen LogP contribution in [-0.2, 0) is 0 Å². The number of para-hydroxylation sites is 2. The fourth-order valence-corrected chi connectivity index (χ4v) is 6.21. The van der Waals surface area contributed by atoms with Crippen molar-refractivity contribution in [2.75, 3.05) is 0 Å². The fourth-order valence-electron chi connectivity index (χ4n) is 5.14. The lowest BCUT2D eigenvalue weighted by atomic mass is 9.80. The van der Waals surface area contributed by atoms with Crippen LogP contribution >= 0.6 is 11.3 Å². The highest BCUT2D eigenvalue weighted by molar-refractivity contribution is 7.25. The van der Waals surface area contributed by atoms with Crippen LogP contribution in [0.25, 0.3) is 58.8 Å². The fraction of sp³-hybridized carbons (Fsp3) is 0. The highest BCUT2D eigenvalue weighted by atomic mass is 32.1. The van der Waals surface area contributed by atoms with Gasteiger partial charge < -0.3 is 14.6 Å². The Hall–Kier alpha value is -3.90. The van der Waals surface area contributed by atoms with Crippen LogP contribution < -0.4 is 5.46 Å². The molecule has 2 N–H and O–H groups in total. The van der Waals surface area contributed by atoms with Gasteiger partial charge in [0.15, 0.2) is 0 Å². The monoisotopic (exact) mass is 469 g/mol. The van der Waals surface area contributed by atoms with E-state index in [9.17, 15) is 10.0 Å². The molecule has 0 saturated carbocycles. The Balaban J connectivity index is 1.45. The summed E-state index contributed by atoms with van der Waals surface area (Å²) in [4.78, 5) is 0. The summed E-state index contributed by atoms with van der Waals surface area (Å²) in [5.41, 5.74) is 6.35. The third kappa shape index (κ3) is 3.21. The molecule has 0 spiro atoms. The second kappa shape index (κ2) is 7.82. The molecule has 0 atom stereocenters. The zero-order valence-electron chi connectivity index (χ0n) is 18.7. The predicted molar refractivity (Wildman–Crippen MR) is 149 cm³/mol. The van der Waals surface area contributed by atoms with Crippen molar-refractivity contribution < 1.29 is 10.0 Å². The second-order valence-electron chi connectivity index (χ2n) is 8.86. The topological polar surface area (TPSA) is 45.4 Å². The lowest BCUT2D eigenvalue weighted by Gasteiger charge is -2.08. The smallest absolute Gasteiger partial charge is 0.423 e. The third-order valence-corrected chi connectivity index (χ3v) is 7.96. The molecule has 0 bridgehead atoms. The first-order valence-electron chi connectivity index (χ1n) is 11.6. The Morgan fingerprint density at radius 1 is 0.543 bits per heavy atom. The van der Waals surface area contributed by atoms with Gasteiger partial charge in [-0.05, 0) is 70.5 Å². The second-order valence-corrected chi connectivity index (χ2v) is 9.95. The number of aromatic nitrogens is 1. The molecule has 0 aliphatic carbocycles. The van der Waals surface area contributed by atoms with Crippen LogP contribution in [0.2, 0.25) is 0 Å². The van der Waals surface area contributed by atoms with Gasteiger partial charge in [0.25, 0.3) is 0 Å². The van der Waals surface area contributed by atoms with Crippen LogP contribution in [-0.4, -0.2) is 21.7 Å². The standard InChI is InChI=1S/C30H20BNO2S/c33-31(34)21-12-15-30-26(18-21)25-17-20(11-14-29(25)35-30)19-10-13-28-24(16-19)23-8-4-5-9-27(23)32(28)22-6-2-1-3-7-22/h1-18,33-34H. The molecule has 3 nitrogen and oxygen atoms in total. The summed E-state index contributed by atoms with van der Waals surface area (Å²) in [6, 6.07) is 38.0. The largest absolute Gasteiger partial charge is 0.488 e. The maximum Gasteiger partial charge on any atom is 0.488 e. The van der Waals surface area contributed by atoms with E-state index in [-0.39, 0.29) is 0 Å². The van der Waals surface area contributed by atoms with Crippen molar-refractivity contribution in [1.82, 2.24) is 4.57 Å². The van der Waals surface area contributed by atoms with Crippen molar-refractivity contribution in [2.24, 2.45) is 0 Å². The van der Waals surface area contributed by atoms with Crippen molar-refractivity contribution in [3.8, 4) is 16.8 Å². The first-order chi connectivity index (χ1) is 17.2. The molecule has 2 aromatic heterocycles. The molecule has 35 heavy (non-hydrogen) atoms. The zero-order chi connectivity index (χ0) is 23.5. The predicted octanol–water partition coefficient (Wildman–Crippen LogP) is 6.50. The number of thiophene rings is 1. The van der Waals surface area contributed by atoms with Crippen molar-refractivity contribution in [1.29, 1.82) is 0 Å². The molecule has 7 rings (SSSR count). The van der Waals surface area contributed by atoms with E-state index in [1.54, 1.807) is 17.4 Å². The number of rotatable bonds is 3. The van der Waals surface area contributed by atoms with Gasteiger partial charge in [0.05, 0.1) is 11.0 Å². The molecule has 0 fully saturated rings. The van der Waals surface area contributed by atoms with Gasteiger partial charge in [-0.3, -0.25) is 0 Å². The Bertz CT molecular complexity index is 1890. The molecule has 0 saturated heterocycles. The van der Waals surface area contributed by atoms with Crippen molar-refractivity contribution in [3.63, 3.8) is 0 Å². The van der Waals surface area contributed by atoms with Crippen molar-refractivity contribution >= 4 is 65.9 Å². The number of hydrogen-bond acceptors (Lipinski definition) is 3. The van der Waals surface area contributed by atoms with Gasteiger partial charge in [0.2, 0.25) is 0 Å². The van der Waals surface area contributed by atoms with Crippen LogP contribution in [0.3, 0.4) is 0 Å². The van der Waals surface area contributed by atoms with E-state index < -0.39 is 7.12 Å². The number of fused-ring (bicyclic) bond motifs is 6. The van der Waals surface area contributed by atoms with Gasteiger partial charge >= 0.3 is 7.12 Å². The molecule has 0 aliphatic heterocycles. The van der Waals surface area contributed by atoms with E-state index >= 15 is 0 Å². The summed E-state index contributed by atoms with van der Waals surface area (Å²) >= 11 is 1.72. The lowest BCUT2D eigenvalue weighted by molar-refractivity contribution is 0.426. The van der Waals surface area contributed by atoms with Crippen LogP contribution in [0.4, 0.5) is 0 Å². The van der Waals surface area contributed by atoms with Crippen molar-refractivity contribution in [2.45, 2.75) is 0 Å². The van der Waals surface area contributed by atoms with Crippen LogP contribution in [0.1, 0.15) is 0 Å². The van der Waals surface area contributed by atoms with Gasteiger partial charge in [-0.1, -0.05) is 60.7 Å². The molecule has 5 aromatic carbocycles. The molecule has 0 amide bonds. The maximum absolute atomic E-state index is 9.65. The first-order valence-corrected chi connectivity index (χ1v) is 12.4. The van der Waals surface area contributed by atoms with Crippen LogP contribution in [0.5, 0.6) is 0 Å². The summed E-state index contributed by atoms with van der Waals surface area (Å²) < 4.78 is 4.66. The van der Waals surface area contributed by atoms with Gasteiger partial charge in [0.1, 0.15) is 0 Å².